The summed E-state index contributed by atoms with van der Waals surface area (Å²) in [7, 11) is 1.52. The summed E-state index contributed by atoms with van der Waals surface area (Å²) in [5.74, 6) is 0.816. The van der Waals surface area contributed by atoms with Gasteiger partial charge in [-0.25, -0.2) is 19.5 Å². The number of carbonyl (C=O) groups is 3. The van der Waals surface area contributed by atoms with E-state index >= 15 is 0 Å². The number of likely N-dealkylation sites (N-methyl/N-ethyl adjacent to an activating group) is 1. The number of carbonyl (C=O) groups excluding carboxylic acids is 3. The highest BCUT2D eigenvalue weighted by Gasteiger charge is 2.32. The lowest BCUT2D eigenvalue weighted by atomic mass is 10.3. The fourth-order valence-electron chi connectivity index (χ4n) is 2.62. The van der Waals surface area contributed by atoms with Crippen molar-refractivity contribution in [2.45, 2.75) is 6.92 Å². The molecule has 2 N–H and O–H groups in total. The molecule has 146 valence electrons. The molecule has 3 rings (SSSR count). The van der Waals surface area contributed by atoms with Crippen LogP contribution in [0.15, 0.2) is 36.7 Å². The molecule has 0 saturated carbocycles. The number of ether oxygens (including phenoxy) is 1. The number of nitrogens with zero attached hydrogens (tertiary/aromatic N) is 4. The van der Waals surface area contributed by atoms with Gasteiger partial charge in [-0.2, -0.15) is 0 Å². The third-order valence-corrected chi connectivity index (χ3v) is 4.12. The molecule has 10 nitrogen and oxygen atoms in total. The Labute approximate surface area is 161 Å². The predicted octanol–water partition coefficient (Wildman–Crippen LogP) is 1.92. The minimum Gasteiger partial charge on any atom is -0.456 e. The highest BCUT2D eigenvalue weighted by Crippen LogP contribution is 2.22. The molecule has 1 saturated heterocycles. The van der Waals surface area contributed by atoms with E-state index in [9.17, 15) is 14.4 Å². The molecule has 5 amide bonds. The van der Waals surface area contributed by atoms with Crippen molar-refractivity contribution >= 4 is 23.8 Å². The Bertz CT molecular complexity index is 886. The molecule has 10 heteroatoms. The molecule has 0 bridgehead atoms. The predicted molar refractivity (Wildman–Crippen MR) is 100 cm³/mol. The van der Waals surface area contributed by atoms with E-state index in [1.54, 1.807) is 23.1 Å². The van der Waals surface area contributed by atoms with Crippen LogP contribution in [-0.2, 0) is 0 Å². The van der Waals surface area contributed by atoms with Crippen molar-refractivity contribution in [3.05, 3.63) is 42.4 Å². The van der Waals surface area contributed by atoms with Crippen molar-refractivity contribution in [3.63, 3.8) is 0 Å². The first-order chi connectivity index (χ1) is 13.5. The molecule has 28 heavy (non-hydrogen) atoms. The van der Waals surface area contributed by atoms with E-state index in [-0.39, 0.29) is 17.6 Å². The van der Waals surface area contributed by atoms with E-state index < -0.39 is 6.03 Å². The zero-order chi connectivity index (χ0) is 20.1. The summed E-state index contributed by atoms with van der Waals surface area (Å²) in [5, 5.41) is 5.08. The SMILES string of the molecule is CCN1CCN(C(=O)Nc2ccc(Oc3ccnc(C(=O)NC)c3)cn2)C1=O. The molecule has 0 aromatic carbocycles. The maximum absolute atomic E-state index is 12.2. The topological polar surface area (TPSA) is 117 Å². The average molecular weight is 384 g/mol. The standard InChI is InChI=1S/C18H20N6O4/c1-3-23-8-9-24(18(23)27)17(26)22-15-5-4-13(11-21-15)28-12-6-7-20-14(10-12)16(25)19-2/h4-7,10-11H,3,8-9H2,1-2H3,(H,19,25)(H,21,22,26). The smallest absolute Gasteiger partial charge is 0.331 e. The zero-order valence-electron chi connectivity index (χ0n) is 15.5. The van der Waals surface area contributed by atoms with Crippen LogP contribution in [-0.4, -0.2) is 64.4 Å². The molecule has 0 atom stereocenters. The Hall–Kier alpha value is -3.69. The largest absolute Gasteiger partial charge is 0.456 e. The maximum Gasteiger partial charge on any atom is 0.331 e. The Morgan fingerprint density at radius 3 is 2.64 bits per heavy atom. The van der Waals surface area contributed by atoms with Crippen LogP contribution in [0.5, 0.6) is 11.5 Å². The van der Waals surface area contributed by atoms with Crippen molar-refractivity contribution in [1.82, 2.24) is 25.1 Å². The van der Waals surface area contributed by atoms with Gasteiger partial charge in [-0.3, -0.25) is 15.1 Å². The molecule has 2 aromatic rings. The third kappa shape index (κ3) is 4.17. The van der Waals surface area contributed by atoms with Crippen LogP contribution in [0, 0.1) is 0 Å². The fraction of sp³-hybridized carbons (Fsp3) is 0.278. The lowest BCUT2D eigenvalue weighted by Crippen LogP contribution is -2.39. The van der Waals surface area contributed by atoms with E-state index in [0.717, 1.165) is 4.90 Å². The average Bonchev–Trinajstić information content (AvgIpc) is 3.09. The summed E-state index contributed by atoms with van der Waals surface area (Å²) in [4.78, 5) is 46.7. The molecule has 1 aliphatic rings. The Morgan fingerprint density at radius 2 is 2.00 bits per heavy atom. The van der Waals surface area contributed by atoms with Crippen LogP contribution >= 0.6 is 0 Å². The molecule has 0 aliphatic carbocycles. The summed E-state index contributed by atoms with van der Waals surface area (Å²) < 4.78 is 5.65. The second-order valence-electron chi connectivity index (χ2n) is 5.88. The van der Waals surface area contributed by atoms with Crippen LogP contribution < -0.4 is 15.4 Å². The van der Waals surface area contributed by atoms with Gasteiger partial charge in [-0.05, 0) is 25.1 Å². The van der Waals surface area contributed by atoms with E-state index in [1.807, 2.05) is 6.92 Å². The molecule has 0 unspecified atom stereocenters. The van der Waals surface area contributed by atoms with Crippen molar-refractivity contribution in [2.24, 2.45) is 0 Å². The van der Waals surface area contributed by atoms with E-state index in [0.29, 0.717) is 37.0 Å². The summed E-state index contributed by atoms with van der Waals surface area (Å²) in [6.07, 6.45) is 2.90. The molecule has 1 fully saturated rings. The monoisotopic (exact) mass is 384 g/mol. The molecule has 0 radical (unpaired) electrons. The Balaban J connectivity index is 1.62. The summed E-state index contributed by atoms with van der Waals surface area (Å²) in [6.45, 7) is 3.28. The van der Waals surface area contributed by atoms with Crippen molar-refractivity contribution in [1.29, 1.82) is 0 Å². The number of imide groups is 1. The van der Waals surface area contributed by atoms with Crippen LogP contribution in [0.1, 0.15) is 17.4 Å². The first-order valence-electron chi connectivity index (χ1n) is 8.71. The molecule has 0 spiro atoms. The molecule has 2 aromatic heterocycles. The summed E-state index contributed by atoms with van der Waals surface area (Å²) in [6, 6.07) is 5.46. The highest BCUT2D eigenvalue weighted by molar-refractivity contribution is 6.01. The van der Waals surface area contributed by atoms with E-state index in [1.165, 1.54) is 25.5 Å². The van der Waals surface area contributed by atoms with Crippen LogP contribution in [0.2, 0.25) is 0 Å². The lowest BCUT2D eigenvalue weighted by molar-refractivity contribution is 0.0957. The van der Waals surface area contributed by atoms with Crippen molar-refractivity contribution in [2.75, 3.05) is 32.0 Å². The van der Waals surface area contributed by atoms with Gasteiger partial charge in [0.25, 0.3) is 5.91 Å². The number of hydrogen-bond acceptors (Lipinski definition) is 6. The third-order valence-electron chi connectivity index (χ3n) is 4.12. The van der Waals surface area contributed by atoms with Gasteiger partial charge < -0.3 is 15.0 Å². The first-order valence-corrected chi connectivity index (χ1v) is 8.71. The van der Waals surface area contributed by atoms with Crippen LogP contribution in [0.25, 0.3) is 0 Å². The molecule has 3 heterocycles. The van der Waals surface area contributed by atoms with E-state index in [2.05, 4.69) is 20.6 Å². The first kappa shape index (κ1) is 19.1. The molecular weight excluding hydrogens is 364 g/mol. The minimum atomic E-state index is -0.522. The normalized spacial score (nSPS) is 13.4. The number of pyridine rings is 2. The van der Waals surface area contributed by atoms with Crippen LogP contribution in [0.4, 0.5) is 15.4 Å². The summed E-state index contributed by atoms with van der Waals surface area (Å²) >= 11 is 0. The second kappa shape index (κ2) is 8.33. The van der Waals surface area contributed by atoms with Gasteiger partial charge in [-0.15, -0.1) is 0 Å². The van der Waals surface area contributed by atoms with Gasteiger partial charge in [0.2, 0.25) is 0 Å². The number of rotatable bonds is 5. The number of anilines is 1. The van der Waals surface area contributed by atoms with Crippen molar-refractivity contribution in [3.8, 4) is 11.5 Å². The summed E-state index contributed by atoms with van der Waals surface area (Å²) in [5.41, 5.74) is 0.230. The number of hydrogen-bond donors (Lipinski definition) is 2. The quantitative estimate of drug-likeness (QED) is 0.813. The van der Waals surface area contributed by atoms with Gasteiger partial charge in [0.05, 0.1) is 6.20 Å². The molecule has 1 aliphatic heterocycles. The minimum absolute atomic E-state index is 0.230. The maximum atomic E-state index is 12.2. The van der Waals surface area contributed by atoms with Crippen molar-refractivity contribution < 1.29 is 19.1 Å². The highest BCUT2D eigenvalue weighted by atomic mass is 16.5. The van der Waals surface area contributed by atoms with Gasteiger partial charge in [0.1, 0.15) is 23.0 Å². The lowest BCUT2D eigenvalue weighted by Gasteiger charge is -2.16. The van der Waals surface area contributed by atoms with Gasteiger partial charge in [0.15, 0.2) is 0 Å². The fourth-order valence-corrected chi connectivity index (χ4v) is 2.62. The molecular formula is C18H20N6O4. The zero-order valence-corrected chi connectivity index (χ0v) is 15.5. The van der Waals surface area contributed by atoms with Gasteiger partial charge in [-0.1, -0.05) is 0 Å². The number of nitrogens with one attached hydrogen (secondary N) is 2. The second-order valence-corrected chi connectivity index (χ2v) is 5.88. The van der Waals surface area contributed by atoms with Gasteiger partial charge >= 0.3 is 12.1 Å². The number of urea groups is 2. The Kier molecular flexibility index (Phi) is 5.68. The van der Waals surface area contributed by atoms with Gasteiger partial charge in [0, 0.05) is 38.9 Å². The van der Waals surface area contributed by atoms with Crippen LogP contribution in [0.3, 0.4) is 0 Å². The van der Waals surface area contributed by atoms with E-state index in [4.69, 9.17) is 4.74 Å². The Morgan fingerprint density at radius 1 is 1.18 bits per heavy atom. The number of amides is 5. The number of aromatic nitrogens is 2.